The summed E-state index contributed by atoms with van der Waals surface area (Å²) in [6.07, 6.45) is 3.77. The van der Waals surface area contributed by atoms with E-state index in [0.717, 1.165) is 35.6 Å². The fourth-order valence-electron chi connectivity index (χ4n) is 4.33. The lowest BCUT2D eigenvalue weighted by molar-refractivity contribution is -0.145. The van der Waals surface area contributed by atoms with Gasteiger partial charge in [-0.05, 0) is 43.4 Å². The van der Waals surface area contributed by atoms with Gasteiger partial charge >= 0.3 is 5.97 Å². The van der Waals surface area contributed by atoms with Gasteiger partial charge in [-0.25, -0.2) is 0 Å². The summed E-state index contributed by atoms with van der Waals surface area (Å²) >= 11 is 0. The number of methoxy groups -OCH3 is 1. The molecule has 2 aromatic carbocycles. The predicted molar refractivity (Wildman–Crippen MR) is 121 cm³/mol. The van der Waals surface area contributed by atoms with Crippen molar-refractivity contribution in [2.75, 3.05) is 31.6 Å². The van der Waals surface area contributed by atoms with Crippen LogP contribution in [0.5, 0.6) is 11.5 Å². The van der Waals surface area contributed by atoms with Gasteiger partial charge in [-0.15, -0.1) is 0 Å². The molecule has 1 N–H and O–H groups in total. The minimum atomic E-state index is -1.09. The molecule has 7 nitrogen and oxygen atoms in total. The third-order valence-electron chi connectivity index (χ3n) is 6.28. The minimum absolute atomic E-state index is 0.115. The number of ether oxygens (including phenoxy) is 2. The van der Waals surface area contributed by atoms with Crippen molar-refractivity contribution >= 4 is 17.6 Å². The number of carbonyl (C=O) groups is 2. The summed E-state index contributed by atoms with van der Waals surface area (Å²) in [7, 11) is 1.64. The number of nitrogens with zero attached hydrogens (tertiary/aromatic N) is 2. The molecule has 4 rings (SSSR count). The van der Waals surface area contributed by atoms with Crippen LogP contribution in [0.1, 0.15) is 31.2 Å². The highest BCUT2D eigenvalue weighted by molar-refractivity contribution is 5.93. The summed E-state index contributed by atoms with van der Waals surface area (Å²) < 4.78 is 11.6. The molecule has 0 spiro atoms. The number of piperazine rings is 1. The first-order chi connectivity index (χ1) is 15.5. The van der Waals surface area contributed by atoms with E-state index >= 15 is 0 Å². The van der Waals surface area contributed by atoms with E-state index in [9.17, 15) is 9.59 Å². The Kier molecular flexibility index (Phi) is 6.83. The number of anilines is 1. The summed E-state index contributed by atoms with van der Waals surface area (Å²) in [4.78, 5) is 27.7. The largest absolute Gasteiger partial charge is 0.493 e. The molecule has 32 heavy (non-hydrogen) atoms. The summed E-state index contributed by atoms with van der Waals surface area (Å²) in [5.41, 5.74) is 2.14. The number of amides is 1. The molecule has 2 aromatic rings. The summed E-state index contributed by atoms with van der Waals surface area (Å²) in [6, 6.07) is 15.8. The van der Waals surface area contributed by atoms with E-state index in [2.05, 4.69) is 4.90 Å². The molecular formula is C25H30N2O5. The van der Waals surface area contributed by atoms with Gasteiger partial charge in [-0.2, -0.15) is 0 Å². The van der Waals surface area contributed by atoms with Crippen LogP contribution in [-0.4, -0.2) is 60.8 Å². The van der Waals surface area contributed by atoms with E-state index < -0.39 is 12.4 Å². The molecule has 1 unspecified atom stereocenters. The number of rotatable bonds is 8. The average Bonchev–Trinajstić information content (AvgIpc) is 2.76. The maximum atomic E-state index is 12.6. The van der Waals surface area contributed by atoms with E-state index in [4.69, 9.17) is 14.6 Å². The smallest absolute Gasteiger partial charge is 0.312 e. The molecule has 7 heteroatoms. The van der Waals surface area contributed by atoms with Crippen molar-refractivity contribution in [2.24, 2.45) is 0 Å². The number of hydrogen-bond donors (Lipinski definition) is 1. The molecule has 1 saturated heterocycles. The predicted octanol–water partition coefficient (Wildman–Crippen LogP) is 3.36. The van der Waals surface area contributed by atoms with Gasteiger partial charge in [0.15, 0.2) is 11.5 Å². The van der Waals surface area contributed by atoms with Crippen molar-refractivity contribution in [3.63, 3.8) is 0 Å². The zero-order chi connectivity index (χ0) is 22.5. The van der Waals surface area contributed by atoms with Gasteiger partial charge in [0.05, 0.1) is 19.3 Å². The van der Waals surface area contributed by atoms with Crippen LogP contribution in [0.2, 0.25) is 0 Å². The van der Waals surface area contributed by atoms with Crippen molar-refractivity contribution in [2.45, 2.75) is 44.2 Å². The number of hydrogen-bond acceptors (Lipinski definition) is 5. The van der Waals surface area contributed by atoms with E-state index in [0.29, 0.717) is 26.1 Å². The third kappa shape index (κ3) is 5.15. The molecule has 2 fully saturated rings. The van der Waals surface area contributed by atoms with Crippen LogP contribution in [0.3, 0.4) is 0 Å². The molecule has 0 radical (unpaired) electrons. The lowest BCUT2D eigenvalue weighted by Crippen LogP contribution is -2.56. The zero-order valence-electron chi connectivity index (χ0n) is 18.4. The average molecular weight is 439 g/mol. The molecule has 1 atom stereocenters. The third-order valence-corrected chi connectivity index (χ3v) is 6.28. The number of carboxylic acid groups (broad SMARTS) is 1. The van der Waals surface area contributed by atoms with Gasteiger partial charge < -0.3 is 24.4 Å². The molecule has 0 bridgehead atoms. The fraction of sp³-hybridized carbons (Fsp3) is 0.440. The van der Waals surface area contributed by atoms with Crippen LogP contribution in [-0.2, 0) is 16.0 Å². The number of carbonyl (C=O) groups excluding carboxylic acids is 1. The maximum Gasteiger partial charge on any atom is 0.312 e. The second-order valence-corrected chi connectivity index (χ2v) is 8.45. The van der Waals surface area contributed by atoms with Gasteiger partial charge in [0, 0.05) is 31.4 Å². The maximum absolute atomic E-state index is 12.6. The number of carboxylic acids is 1. The fourth-order valence-corrected chi connectivity index (χ4v) is 4.33. The lowest BCUT2D eigenvalue weighted by Gasteiger charge is -2.42. The monoisotopic (exact) mass is 438 g/mol. The first kappa shape index (κ1) is 22.0. The van der Waals surface area contributed by atoms with Gasteiger partial charge in [-0.1, -0.05) is 30.3 Å². The Bertz CT molecular complexity index is 945. The van der Waals surface area contributed by atoms with Gasteiger partial charge in [0.2, 0.25) is 5.91 Å². The van der Waals surface area contributed by atoms with Gasteiger partial charge in [0.1, 0.15) is 6.42 Å². The number of aliphatic carboxylic acids is 1. The molecule has 1 amide bonds. The van der Waals surface area contributed by atoms with Crippen LogP contribution < -0.4 is 14.4 Å². The molecular weight excluding hydrogens is 408 g/mol. The number of benzene rings is 2. The Morgan fingerprint density at radius 2 is 1.84 bits per heavy atom. The quantitative estimate of drug-likeness (QED) is 0.637. The van der Waals surface area contributed by atoms with E-state index in [-0.39, 0.29) is 18.1 Å². The van der Waals surface area contributed by atoms with Crippen LogP contribution in [0.25, 0.3) is 0 Å². The summed E-state index contributed by atoms with van der Waals surface area (Å²) in [6.45, 7) is 1.73. The van der Waals surface area contributed by atoms with E-state index in [1.54, 1.807) is 12.0 Å². The van der Waals surface area contributed by atoms with Gasteiger partial charge in [0.25, 0.3) is 0 Å². The first-order valence-electron chi connectivity index (χ1n) is 11.2. The van der Waals surface area contributed by atoms with Crippen molar-refractivity contribution in [3.05, 3.63) is 54.1 Å². The Morgan fingerprint density at radius 3 is 2.50 bits per heavy atom. The molecule has 1 heterocycles. The summed E-state index contributed by atoms with van der Waals surface area (Å²) in [5, 5.41) is 9.11. The lowest BCUT2D eigenvalue weighted by atomic mass is 9.96. The van der Waals surface area contributed by atoms with Crippen LogP contribution >= 0.6 is 0 Å². The first-order valence-corrected chi connectivity index (χ1v) is 11.2. The van der Waals surface area contributed by atoms with Crippen molar-refractivity contribution < 1.29 is 24.2 Å². The van der Waals surface area contributed by atoms with E-state index in [1.807, 2.05) is 48.5 Å². The SMILES string of the molecule is COc1ccc(N2CCN(C(=O)CC(=O)O)C(Cc3ccccc3)C2)cc1OC1CCC1. The molecule has 1 saturated carbocycles. The second-order valence-electron chi connectivity index (χ2n) is 8.45. The molecule has 0 aromatic heterocycles. The molecule has 1 aliphatic carbocycles. The van der Waals surface area contributed by atoms with Crippen molar-refractivity contribution in [3.8, 4) is 11.5 Å². The Labute approximate surface area is 188 Å². The van der Waals surface area contributed by atoms with Crippen LogP contribution in [0.15, 0.2) is 48.5 Å². The minimum Gasteiger partial charge on any atom is -0.493 e. The molecule has 2 aliphatic rings. The Morgan fingerprint density at radius 1 is 1.06 bits per heavy atom. The Balaban J connectivity index is 1.54. The van der Waals surface area contributed by atoms with Crippen molar-refractivity contribution in [1.82, 2.24) is 4.90 Å². The summed E-state index contributed by atoms with van der Waals surface area (Å²) in [5.74, 6) is 0.0427. The highest BCUT2D eigenvalue weighted by Gasteiger charge is 2.32. The van der Waals surface area contributed by atoms with Crippen LogP contribution in [0, 0.1) is 0 Å². The highest BCUT2D eigenvalue weighted by Crippen LogP contribution is 2.36. The van der Waals surface area contributed by atoms with Gasteiger partial charge in [-0.3, -0.25) is 9.59 Å². The standard InChI is InChI=1S/C25H30N2O5/c1-31-22-11-10-19(15-23(22)32-21-8-5-9-21)26-12-13-27(24(28)16-25(29)30)20(17-26)14-18-6-3-2-4-7-18/h2-4,6-7,10-11,15,20-21H,5,8-9,12-14,16-17H2,1H3,(H,29,30). The zero-order valence-corrected chi connectivity index (χ0v) is 18.4. The Hall–Kier alpha value is -3.22. The molecule has 170 valence electrons. The highest BCUT2D eigenvalue weighted by atomic mass is 16.5. The van der Waals surface area contributed by atoms with Crippen LogP contribution in [0.4, 0.5) is 5.69 Å². The normalized spacial score (nSPS) is 18.7. The topological polar surface area (TPSA) is 79.3 Å². The van der Waals surface area contributed by atoms with Crippen molar-refractivity contribution in [1.29, 1.82) is 0 Å². The van der Waals surface area contributed by atoms with E-state index in [1.165, 1.54) is 6.42 Å². The second kappa shape index (κ2) is 9.94. The molecule has 1 aliphatic heterocycles.